The van der Waals surface area contributed by atoms with E-state index in [9.17, 15) is 4.79 Å². The molecule has 0 atom stereocenters. The van der Waals surface area contributed by atoms with Gasteiger partial charge in [-0.05, 0) is 18.9 Å². The normalized spacial score (nSPS) is 16.9. The van der Waals surface area contributed by atoms with E-state index < -0.39 is 0 Å². The molecule has 2 aromatic rings. The van der Waals surface area contributed by atoms with E-state index in [1.54, 1.807) is 0 Å². The third-order valence-corrected chi connectivity index (χ3v) is 3.64. The maximum Gasteiger partial charge on any atom is 0.272 e. The highest BCUT2D eigenvalue weighted by Crippen LogP contribution is 2.23. The molecule has 94 valence electrons. The van der Waals surface area contributed by atoms with Crippen LogP contribution in [0.25, 0.3) is 10.8 Å². The van der Waals surface area contributed by atoms with E-state index in [4.69, 9.17) is 0 Å². The van der Waals surface area contributed by atoms with Gasteiger partial charge >= 0.3 is 0 Å². The van der Waals surface area contributed by atoms with Crippen molar-refractivity contribution in [1.82, 2.24) is 10.2 Å². The Kier molecular flexibility index (Phi) is 3.00. The molecule has 4 nitrogen and oxygen atoms in total. The maximum absolute atomic E-state index is 11.7. The number of nitrogens with zero attached hydrogens (tertiary/aromatic N) is 1. The number of hydrogen-bond donors (Lipinski definition) is 2. The smallest absolute Gasteiger partial charge is 0.272 e. The Morgan fingerprint density at radius 2 is 1.83 bits per heavy atom. The van der Waals surface area contributed by atoms with Crippen LogP contribution in [-0.4, -0.2) is 16.2 Å². The van der Waals surface area contributed by atoms with Crippen LogP contribution in [0.1, 0.15) is 32.1 Å². The fourth-order valence-electron chi connectivity index (χ4n) is 2.67. The predicted octanol–water partition coefficient (Wildman–Crippen LogP) is 2.67. The summed E-state index contributed by atoms with van der Waals surface area (Å²) in [6.45, 7) is 0. The molecule has 0 bridgehead atoms. The Hall–Kier alpha value is -1.84. The van der Waals surface area contributed by atoms with E-state index in [0.29, 0.717) is 11.4 Å². The molecule has 0 aliphatic heterocycles. The fourth-order valence-corrected chi connectivity index (χ4v) is 2.67. The minimum absolute atomic E-state index is 0.125. The summed E-state index contributed by atoms with van der Waals surface area (Å²) in [4.78, 5) is 11.7. The van der Waals surface area contributed by atoms with Crippen molar-refractivity contribution >= 4 is 16.6 Å². The van der Waals surface area contributed by atoms with Gasteiger partial charge in [-0.2, -0.15) is 5.10 Å². The van der Waals surface area contributed by atoms with Gasteiger partial charge < -0.3 is 5.32 Å². The van der Waals surface area contributed by atoms with Gasteiger partial charge in [-0.3, -0.25) is 4.79 Å². The average Bonchev–Trinajstić information content (AvgIpc) is 2.44. The zero-order valence-corrected chi connectivity index (χ0v) is 10.3. The number of aromatic nitrogens is 2. The number of benzene rings is 1. The number of nitrogens with one attached hydrogen (secondary N) is 2. The van der Waals surface area contributed by atoms with Crippen molar-refractivity contribution in [3.63, 3.8) is 0 Å². The lowest BCUT2D eigenvalue weighted by Crippen LogP contribution is -2.24. The maximum atomic E-state index is 11.7. The number of aromatic amines is 1. The summed E-state index contributed by atoms with van der Waals surface area (Å²) in [6, 6.07) is 8.09. The van der Waals surface area contributed by atoms with Crippen molar-refractivity contribution in [2.24, 2.45) is 0 Å². The van der Waals surface area contributed by atoms with Crippen molar-refractivity contribution in [3.8, 4) is 0 Å². The zero-order valence-electron chi connectivity index (χ0n) is 10.3. The van der Waals surface area contributed by atoms with E-state index in [0.717, 1.165) is 11.2 Å². The second kappa shape index (κ2) is 4.80. The highest BCUT2D eigenvalue weighted by Gasteiger charge is 2.15. The van der Waals surface area contributed by atoms with Crippen LogP contribution in [0.2, 0.25) is 0 Å². The molecular weight excluding hydrogens is 226 g/mol. The van der Waals surface area contributed by atoms with Crippen LogP contribution in [0, 0.1) is 0 Å². The first-order valence-corrected chi connectivity index (χ1v) is 6.58. The van der Waals surface area contributed by atoms with Crippen molar-refractivity contribution < 1.29 is 0 Å². The highest BCUT2D eigenvalue weighted by molar-refractivity contribution is 5.90. The number of anilines is 1. The molecule has 1 saturated carbocycles. The lowest BCUT2D eigenvalue weighted by molar-refractivity contribution is 0.462. The Bertz CT molecular complexity index is 599. The monoisotopic (exact) mass is 243 g/mol. The second-order valence-corrected chi connectivity index (χ2v) is 4.93. The fraction of sp³-hybridized carbons (Fsp3) is 0.429. The molecule has 0 spiro atoms. The topological polar surface area (TPSA) is 57.8 Å². The van der Waals surface area contributed by atoms with Crippen LogP contribution in [-0.2, 0) is 0 Å². The first kappa shape index (κ1) is 11.3. The molecule has 4 heteroatoms. The zero-order chi connectivity index (χ0) is 12.4. The average molecular weight is 243 g/mol. The molecule has 1 fully saturated rings. The van der Waals surface area contributed by atoms with Gasteiger partial charge in [0.15, 0.2) is 5.82 Å². The molecule has 0 saturated heterocycles. The van der Waals surface area contributed by atoms with Crippen molar-refractivity contribution in [1.29, 1.82) is 0 Å². The molecule has 18 heavy (non-hydrogen) atoms. The van der Waals surface area contributed by atoms with Gasteiger partial charge in [-0.25, -0.2) is 5.10 Å². The SMILES string of the molecule is O=c1[nH]nc(NC2CCCCC2)c2ccccc12. The highest BCUT2D eigenvalue weighted by atomic mass is 16.1. The minimum atomic E-state index is -0.125. The van der Waals surface area contributed by atoms with Crippen molar-refractivity contribution in [3.05, 3.63) is 34.6 Å². The summed E-state index contributed by atoms with van der Waals surface area (Å²) in [5.74, 6) is 0.803. The quantitative estimate of drug-likeness (QED) is 0.852. The second-order valence-electron chi connectivity index (χ2n) is 4.93. The van der Waals surface area contributed by atoms with Gasteiger partial charge in [0, 0.05) is 11.4 Å². The number of H-pyrrole nitrogens is 1. The minimum Gasteiger partial charge on any atom is -0.365 e. The summed E-state index contributed by atoms with van der Waals surface area (Å²) in [5, 5.41) is 11.8. The van der Waals surface area contributed by atoms with Gasteiger partial charge in [0.25, 0.3) is 5.56 Å². The molecule has 1 aromatic carbocycles. The molecule has 0 unspecified atom stereocenters. The van der Waals surface area contributed by atoms with Gasteiger partial charge in [0.05, 0.1) is 5.39 Å². The van der Waals surface area contributed by atoms with E-state index >= 15 is 0 Å². The first-order valence-electron chi connectivity index (χ1n) is 6.58. The molecule has 1 aromatic heterocycles. The summed E-state index contributed by atoms with van der Waals surface area (Å²) >= 11 is 0. The Morgan fingerprint density at radius 3 is 2.61 bits per heavy atom. The lowest BCUT2D eigenvalue weighted by atomic mass is 9.95. The van der Waals surface area contributed by atoms with Gasteiger partial charge in [0.1, 0.15) is 0 Å². The lowest BCUT2D eigenvalue weighted by Gasteiger charge is -2.23. The molecule has 3 rings (SSSR count). The third kappa shape index (κ3) is 2.10. The summed E-state index contributed by atoms with van der Waals surface area (Å²) in [6.07, 6.45) is 6.26. The number of hydrogen-bond acceptors (Lipinski definition) is 3. The largest absolute Gasteiger partial charge is 0.365 e. The van der Waals surface area contributed by atoms with Gasteiger partial charge in [-0.15, -0.1) is 0 Å². The standard InChI is InChI=1S/C14H17N3O/c18-14-12-9-5-4-8-11(12)13(16-17-14)15-10-6-2-1-3-7-10/h4-5,8-10H,1-3,6-7H2,(H,15,16)(H,17,18). The first-order chi connectivity index (χ1) is 8.84. The number of rotatable bonds is 2. The molecule has 1 heterocycles. The third-order valence-electron chi connectivity index (χ3n) is 3.64. The Morgan fingerprint density at radius 1 is 1.11 bits per heavy atom. The van der Waals surface area contributed by atoms with Crippen molar-refractivity contribution in [2.45, 2.75) is 38.1 Å². The summed E-state index contributed by atoms with van der Waals surface area (Å²) < 4.78 is 0. The molecular formula is C14H17N3O. The molecule has 2 N–H and O–H groups in total. The molecule has 1 aliphatic carbocycles. The Labute approximate surface area is 105 Å². The summed E-state index contributed by atoms with van der Waals surface area (Å²) in [7, 11) is 0. The van der Waals surface area contributed by atoms with E-state index in [-0.39, 0.29) is 5.56 Å². The van der Waals surface area contributed by atoms with Crippen LogP contribution >= 0.6 is 0 Å². The van der Waals surface area contributed by atoms with Gasteiger partial charge in [0.2, 0.25) is 0 Å². The van der Waals surface area contributed by atoms with Gasteiger partial charge in [-0.1, -0.05) is 37.5 Å². The van der Waals surface area contributed by atoms with E-state index in [1.165, 1.54) is 32.1 Å². The number of fused-ring (bicyclic) bond motifs is 1. The Balaban J connectivity index is 1.96. The van der Waals surface area contributed by atoms with Crippen LogP contribution in [0.15, 0.2) is 29.1 Å². The molecule has 0 radical (unpaired) electrons. The van der Waals surface area contributed by atoms with Crippen LogP contribution in [0.3, 0.4) is 0 Å². The van der Waals surface area contributed by atoms with Crippen molar-refractivity contribution in [2.75, 3.05) is 5.32 Å². The van der Waals surface area contributed by atoms with E-state index in [1.807, 2.05) is 24.3 Å². The summed E-state index contributed by atoms with van der Waals surface area (Å²) in [5.41, 5.74) is -0.125. The predicted molar refractivity (Wildman–Crippen MR) is 72.9 cm³/mol. The van der Waals surface area contributed by atoms with Crippen LogP contribution in [0.5, 0.6) is 0 Å². The molecule has 0 amide bonds. The van der Waals surface area contributed by atoms with E-state index in [2.05, 4.69) is 15.5 Å². The van der Waals surface area contributed by atoms with Crippen LogP contribution < -0.4 is 10.9 Å². The van der Waals surface area contributed by atoms with Crippen LogP contribution in [0.4, 0.5) is 5.82 Å². The molecule has 1 aliphatic rings.